The number of nitrogens with zero attached hydrogens (tertiary/aromatic N) is 2. The lowest BCUT2D eigenvalue weighted by Crippen LogP contribution is -2.32. The van der Waals surface area contributed by atoms with Gasteiger partial charge < -0.3 is 14.9 Å². The van der Waals surface area contributed by atoms with Gasteiger partial charge in [-0.05, 0) is 28.2 Å². The first kappa shape index (κ1) is 10.9. The maximum atomic E-state index is 8.97. The van der Waals surface area contributed by atoms with Gasteiger partial charge in [0.2, 0.25) is 0 Å². The molecule has 0 saturated heterocycles. The van der Waals surface area contributed by atoms with Crippen LogP contribution in [0.25, 0.3) is 0 Å². The molecule has 3 heteroatoms. The number of aliphatic hydroxyl groups is 1. The van der Waals surface area contributed by atoms with Crippen LogP contribution in [-0.2, 0) is 0 Å². The second-order valence-electron chi connectivity index (χ2n) is 3.57. The standard InChI is InChI=1S/C8H20N2O/c1-9(2)5-8(7-11)6-10(3)4/h8,11H,5-7H2,1-4H3. The van der Waals surface area contributed by atoms with E-state index in [9.17, 15) is 0 Å². The third-order valence-electron chi connectivity index (χ3n) is 1.50. The molecule has 3 nitrogen and oxygen atoms in total. The van der Waals surface area contributed by atoms with E-state index in [1.54, 1.807) is 0 Å². The molecular formula is C8H20N2O. The van der Waals surface area contributed by atoms with E-state index in [1.807, 2.05) is 28.2 Å². The Labute approximate surface area is 69.6 Å². The molecule has 1 N–H and O–H groups in total. The number of hydrogen-bond acceptors (Lipinski definition) is 3. The number of rotatable bonds is 5. The first-order chi connectivity index (χ1) is 5.06. The van der Waals surface area contributed by atoms with Gasteiger partial charge in [0.05, 0.1) is 0 Å². The van der Waals surface area contributed by atoms with Gasteiger partial charge in [-0.25, -0.2) is 0 Å². The van der Waals surface area contributed by atoms with Crippen molar-refractivity contribution in [3.05, 3.63) is 0 Å². The van der Waals surface area contributed by atoms with Crippen molar-refractivity contribution in [2.45, 2.75) is 0 Å². The zero-order valence-corrected chi connectivity index (χ0v) is 8.04. The molecule has 0 aromatic rings. The Kier molecular flexibility index (Phi) is 5.46. The van der Waals surface area contributed by atoms with E-state index in [2.05, 4.69) is 9.80 Å². The summed E-state index contributed by atoms with van der Waals surface area (Å²) in [5.74, 6) is 0.375. The summed E-state index contributed by atoms with van der Waals surface area (Å²) in [5, 5.41) is 8.97. The molecule has 0 aliphatic heterocycles. The van der Waals surface area contributed by atoms with Gasteiger partial charge in [0, 0.05) is 25.6 Å². The molecule has 0 fully saturated rings. The first-order valence-electron chi connectivity index (χ1n) is 3.96. The minimum Gasteiger partial charge on any atom is -0.396 e. The van der Waals surface area contributed by atoms with Crippen molar-refractivity contribution >= 4 is 0 Å². The fourth-order valence-corrected chi connectivity index (χ4v) is 1.21. The van der Waals surface area contributed by atoms with Crippen LogP contribution in [0.1, 0.15) is 0 Å². The highest BCUT2D eigenvalue weighted by Gasteiger charge is 2.08. The minimum atomic E-state index is 0.274. The fourth-order valence-electron chi connectivity index (χ4n) is 1.21. The Bertz CT molecular complexity index is 84.1. The lowest BCUT2D eigenvalue weighted by molar-refractivity contribution is 0.163. The summed E-state index contributed by atoms with van der Waals surface area (Å²) in [6.45, 7) is 2.18. The van der Waals surface area contributed by atoms with Crippen LogP contribution < -0.4 is 0 Å². The van der Waals surface area contributed by atoms with Crippen LogP contribution in [0.2, 0.25) is 0 Å². The van der Waals surface area contributed by atoms with Gasteiger partial charge >= 0.3 is 0 Å². The Morgan fingerprint density at radius 1 is 1.00 bits per heavy atom. The van der Waals surface area contributed by atoms with Gasteiger partial charge in [0.15, 0.2) is 0 Å². The van der Waals surface area contributed by atoms with Gasteiger partial charge in [-0.1, -0.05) is 0 Å². The molecule has 0 heterocycles. The van der Waals surface area contributed by atoms with Gasteiger partial charge in [-0.15, -0.1) is 0 Å². The summed E-state index contributed by atoms with van der Waals surface area (Å²) in [5.41, 5.74) is 0. The van der Waals surface area contributed by atoms with Crippen LogP contribution in [0.4, 0.5) is 0 Å². The summed E-state index contributed by atoms with van der Waals surface area (Å²) in [6.07, 6.45) is 0. The minimum absolute atomic E-state index is 0.274. The van der Waals surface area contributed by atoms with E-state index < -0.39 is 0 Å². The average Bonchev–Trinajstić information content (AvgIpc) is 1.84. The summed E-state index contributed by atoms with van der Waals surface area (Å²) < 4.78 is 0. The van der Waals surface area contributed by atoms with Crippen molar-refractivity contribution in [1.82, 2.24) is 9.80 Å². The quantitative estimate of drug-likeness (QED) is 0.599. The monoisotopic (exact) mass is 160 g/mol. The molecule has 0 spiro atoms. The largest absolute Gasteiger partial charge is 0.396 e. The van der Waals surface area contributed by atoms with Gasteiger partial charge in [0.1, 0.15) is 0 Å². The molecule has 0 saturated carbocycles. The second kappa shape index (κ2) is 5.52. The fraction of sp³-hybridized carbons (Fsp3) is 1.00. The third kappa shape index (κ3) is 6.28. The van der Waals surface area contributed by atoms with Gasteiger partial charge in [-0.2, -0.15) is 0 Å². The number of hydrogen-bond donors (Lipinski definition) is 1. The molecule has 0 unspecified atom stereocenters. The molecular weight excluding hydrogens is 140 g/mol. The normalized spacial score (nSPS) is 12.0. The van der Waals surface area contributed by atoms with Crippen LogP contribution >= 0.6 is 0 Å². The Morgan fingerprint density at radius 2 is 1.36 bits per heavy atom. The molecule has 0 rings (SSSR count). The van der Waals surface area contributed by atoms with Gasteiger partial charge in [0.25, 0.3) is 0 Å². The Hall–Kier alpha value is -0.120. The lowest BCUT2D eigenvalue weighted by Gasteiger charge is -2.21. The topological polar surface area (TPSA) is 26.7 Å². The molecule has 0 atom stereocenters. The van der Waals surface area contributed by atoms with Crippen molar-refractivity contribution in [2.24, 2.45) is 5.92 Å². The average molecular weight is 160 g/mol. The molecule has 68 valence electrons. The number of aliphatic hydroxyl groups excluding tert-OH is 1. The molecule has 0 bridgehead atoms. The van der Waals surface area contributed by atoms with Crippen LogP contribution in [0.15, 0.2) is 0 Å². The van der Waals surface area contributed by atoms with E-state index in [0.717, 1.165) is 13.1 Å². The van der Waals surface area contributed by atoms with Crippen molar-refractivity contribution in [3.63, 3.8) is 0 Å². The first-order valence-corrected chi connectivity index (χ1v) is 3.96. The van der Waals surface area contributed by atoms with Crippen LogP contribution in [-0.4, -0.2) is 62.8 Å². The van der Waals surface area contributed by atoms with Crippen LogP contribution in [0, 0.1) is 5.92 Å². The summed E-state index contributed by atoms with van der Waals surface area (Å²) in [6, 6.07) is 0. The predicted molar refractivity (Wildman–Crippen MR) is 47.7 cm³/mol. The van der Waals surface area contributed by atoms with E-state index in [1.165, 1.54) is 0 Å². The molecule has 0 aliphatic carbocycles. The van der Waals surface area contributed by atoms with Crippen molar-refractivity contribution in [3.8, 4) is 0 Å². The maximum Gasteiger partial charge on any atom is 0.0483 e. The third-order valence-corrected chi connectivity index (χ3v) is 1.50. The molecule has 0 amide bonds. The maximum absolute atomic E-state index is 8.97. The highest BCUT2D eigenvalue weighted by atomic mass is 16.3. The summed E-state index contributed by atoms with van der Waals surface area (Å²) in [7, 11) is 8.10. The van der Waals surface area contributed by atoms with Crippen LogP contribution in [0.3, 0.4) is 0 Å². The van der Waals surface area contributed by atoms with Crippen LogP contribution in [0.5, 0.6) is 0 Å². The molecule has 0 aliphatic rings. The van der Waals surface area contributed by atoms with Crippen molar-refractivity contribution in [1.29, 1.82) is 0 Å². The zero-order valence-electron chi connectivity index (χ0n) is 8.04. The molecule has 0 radical (unpaired) electrons. The van der Waals surface area contributed by atoms with Crippen molar-refractivity contribution < 1.29 is 5.11 Å². The van der Waals surface area contributed by atoms with Gasteiger partial charge in [-0.3, -0.25) is 0 Å². The highest BCUT2D eigenvalue weighted by Crippen LogP contribution is 1.97. The van der Waals surface area contributed by atoms with E-state index in [-0.39, 0.29) is 6.61 Å². The molecule has 0 aromatic heterocycles. The highest BCUT2D eigenvalue weighted by molar-refractivity contribution is 4.62. The summed E-state index contributed by atoms with van der Waals surface area (Å²) in [4.78, 5) is 4.20. The molecule has 11 heavy (non-hydrogen) atoms. The Morgan fingerprint density at radius 3 is 1.55 bits per heavy atom. The van der Waals surface area contributed by atoms with Crippen molar-refractivity contribution in [2.75, 3.05) is 47.9 Å². The zero-order chi connectivity index (χ0) is 8.85. The summed E-state index contributed by atoms with van der Waals surface area (Å²) >= 11 is 0. The molecule has 0 aromatic carbocycles. The lowest BCUT2D eigenvalue weighted by atomic mass is 10.1. The van der Waals surface area contributed by atoms with E-state index in [0.29, 0.717) is 5.92 Å². The van der Waals surface area contributed by atoms with E-state index >= 15 is 0 Å². The second-order valence-corrected chi connectivity index (χ2v) is 3.57. The Balaban J connectivity index is 3.58. The predicted octanol–water partition coefficient (Wildman–Crippen LogP) is -0.282. The smallest absolute Gasteiger partial charge is 0.0483 e. The SMILES string of the molecule is CN(C)CC(CO)CN(C)C. The van der Waals surface area contributed by atoms with E-state index in [4.69, 9.17) is 5.11 Å².